The molecule has 1 spiro atoms. The lowest BCUT2D eigenvalue weighted by Crippen LogP contribution is -2.63. The number of pyridine rings is 1. The zero-order chi connectivity index (χ0) is 49.5. The van der Waals surface area contributed by atoms with Crippen LogP contribution in [0.25, 0.3) is 11.0 Å². The van der Waals surface area contributed by atoms with E-state index < -0.39 is 42.9 Å². The molecule has 0 bridgehead atoms. The van der Waals surface area contributed by atoms with Crippen molar-refractivity contribution in [1.29, 1.82) is 0 Å². The number of fused-ring (bicyclic) bond motifs is 2. The molecule has 6 aliphatic rings. The van der Waals surface area contributed by atoms with E-state index in [2.05, 4.69) is 61.0 Å². The molecule has 376 valence electrons. The van der Waals surface area contributed by atoms with Crippen molar-refractivity contribution < 1.29 is 41.8 Å². The van der Waals surface area contributed by atoms with Gasteiger partial charge in [-0.3, -0.25) is 19.8 Å². The Kier molecular flexibility index (Phi) is 12.0. The van der Waals surface area contributed by atoms with Crippen molar-refractivity contribution in [2.45, 2.75) is 125 Å². The summed E-state index contributed by atoms with van der Waals surface area (Å²) in [6.45, 7) is 9.93. The van der Waals surface area contributed by atoms with Gasteiger partial charge < -0.3 is 34.5 Å². The Morgan fingerprint density at radius 1 is 1.00 bits per heavy atom. The second-order valence-electron chi connectivity index (χ2n) is 21.6. The van der Waals surface area contributed by atoms with Gasteiger partial charge in [0.05, 0.1) is 39.0 Å². The molecule has 1 amide bonds. The number of nitrogens with zero attached hydrogens (tertiary/aromatic N) is 4. The lowest BCUT2D eigenvalue weighted by molar-refractivity contribution is -0.384. The number of hydrogen-bond acceptors (Lipinski definition) is 13. The first-order valence-corrected chi connectivity index (χ1v) is 26.7. The minimum Gasteiger partial charge on any atom is -0.489 e. The number of ether oxygens (including phenoxy) is 3. The molecule has 16 nitrogen and oxygen atoms in total. The van der Waals surface area contributed by atoms with Crippen LogP contribution in [0.15, 0.2) is 71.8 Å². The smallest absolute Gasteiger partial charge is 0.297 e. The minimum absolute atomic E-state index is 0.00464. The predicted octanol–water partition coefficient (Wildman–Crippen LogP) is 9.32. The second-order valence-corrected chi connectivity index (χ2v) is 23.3. The first kappa shape index (κ1) is 47.4. The van der Waals surface area contributed by atoms with E-state index in [1.54, 1.807) is 37.1 Å². The van der Waals surface area contributed by atoms with Crippen LogP contribution >= 0.6 is 0 Å². The van der Waals surface area contributed by atoms with Crippen LogP contribution in [0.3, 0.4) is 0 Å². The van der Waals surface area contributed by atoms with Crippen LogP contribution in [0.1, 0.15) is 119 Å². The number of H-pyrrole nitrogens is 1. The van der Waals surface area contributed by atoms with Crippen molar-refractivity contribution >= 4 is 44.0 Å². The standard InChI is InChI=1S/C53H62FN7O9S/c1-4-68-50-46(27-38-40(54)28-55-48(38)57-50)70-44-24-33(59-22-20-53(21-23-59)30-60(31-53)42-11-7-9-36(42)35-8-5-6-10-39(35)51(2)18-19-51)12-13-37(44)49(62)58-71(66,67)34-25-43(61(64)65)47-45(26-34)69-29-41(56-47)32-14-16-52(3,63)17-15-32/h5-6,8,10,12-13,24-28,32,36,41-42,56,63H,4,7,9,11,14-23,29-31H2,1-3H3,(H,55,57)(H,58,62)/t32-,36-,41-,42-,52-/m1/s1. The Hall–Kier alpha value is -5.98. The number of aromatic amines is 1. The van der Waals surface area contributed by atoms with Crippen LogP contribution in [0.2, 0.25) is 0 Å². The van der Waals surface area contributed by atoms with E-state index in [0.717, 1.165) is 50.8 Å². The summed E-state index contributed by atoms with van der Waals surface area (Å²) in [5.74, 6) is -1.03. The lowest BCUT2D eigenvalue weighted by atomic mass is 9.70. The van der Waals surface area contributed by atoms with E-state index in [1.807, 2.05) is 0 Å². The number of carbonyl (C=O) groups is 1. The minimum atomic E-state index is -4.75. The number of likely N-dealkylation sites (tertiary alicyclic amines) is 1. The number of sulfonamides is 1. The first-order valence-electron chi connectivity index (χ1n) is 25.2. The van der Waals surface area contributed by atoms with Gasteiger partial charge in [0.25, 0.3) is 27.5 Å². The van der Waals surface area contributed by atoms with Crippen LogP contribution in [-0.2, 0) is 15.4 Å². The molecule has 5 aromatic rings. The number of rotatable bonds is 13. The van der Waals surface area contributed by atoms with Crippen molar-refractivity contribution in [2.24, 2.45) is 11.3 Å². The molecule has 18 heteroatoms. The van der Waals surface area contributed by atoms with Crippen molar-refractivity contribution in [1.82, 2.24) is 19.6 Å². The van der Waals surface area contributed by atoms with Gasteiger partial charge in [0.15, 0.2) is 17.2 Å². The van der Waals surface area contributed by atoms with Gasteiger partial charge in [-0.25, -0.2) is 17.5 Å². The molecule has 3 aliphatic heterocycles. The van der Waals surface area contributed by atoms with E-state index in [-0.39, 0.29) is 76.0 Å². The van der Waals surface area contributed by atoms with Crippen molar-refractivity contribution in [3.05, 3.63) is 99.5 Å². The van der Waals surface area contributed by atoms with Gasteiger partial charge in [0.2, 0.25) is 0 Å². The second kappa shape index (κ2) is 17.9. The largest absolute Gasteiger partial charge is 0.489 e. The van der Waals surface area contributed by atoms with Crippen LogP contribution < -0.4 is 29.1 Å². The van der Waals surface area contributed by atoms with Gasteiger partial charge in [-0.15, -0.1) is 0 Å². The van der Waals surface area contributed by atoms with E-state index >= 15 is 0 Å². The first-order chi connectivity index (χ1) is 34.0. The van der Waals surface area contributed by atoms with Gasteiger partial charge in [-0.1, -0.05) is 37.6 Å². The summed E-state index contributed by atoms with van der Waals surface area (Å²) >= 11 is 0. The molecule has 4 N–H and O–H groups in total. The molecule has 71 heavy (non-hydrogen) atoms. The predicted molar refractivity (Wildman–Crippen MR) is 266 cm³/mol. The molecule has 3 aromatic carbocycles. The molecule has 3 aliphatic carbocycles. The Labute approximate surface area is 412 Å². The highest BCUT2D eigenvalue weighted by Gasteiger charge is 2.51. The lowest BCUT2D eigenvalue weighted by Gasteiger charge is -2.57. The number of aliphatic hydroxyl groups is 1. The Balaban J connectivity index is 0.832. The summed E-state index contributed by atoms with van der Waals surface area (Å²) in [5, 5.41) is 26.3. The highest BCUT2D eigenvalue weighted by molar-refractivity contribution is 7.90. The topological polar surface area (TPSA) is 201 Å². The molecule has 0 unspecified atom stereocenters. The van der Waals surface area contributed by atoms with Gasteiger partial charge in [-0.2, -0.15) is 4.98 Å². The van der Waals surface area contributed by atoms with Gasteiger partial charge in [0, 0.05) is 68.4 Å². The van der Waals surface area contributed by atoms with Crippen molar-refractivity contribution in [2.75, 3.05) is 49.6 Å². The maximum atomic E-state index is 15.0. The number of aromatic nitrogens is 2. The molecule has 3 saturated carbocycles. The number of benzene rings is 3. The molecular formula is C53H62FN7O9S. The van der Waals surface area contributed by atoms with Crippen LogP contribution in [-0.4, -0.2) is 96.3 Å². The number of anilines is 2. The van der Waals surface area contributed by atoms with Crippen LogP contribution in [0.4, 0.5) is 21.5 Å². The normalized spacial score (nSPS) is 25.7. The molecular weight excluding hydrogens is 930 g/mol. The summed E-state index contributed by atoms with van der Waals surface area (Å²) in [7, 11) is -4.75. The fourth-order valence-electron chi connectivity index (χ4n) is 12.3. The zero-order valence-electron chi connectivity index (χ0n) is 40.5. The number of nitro benzene ring substituents is 1. The summed E-state index contributed by atoms with van der Waals surface area (Å²) < 4.78 is 63.5. The zero-order valence-corrected chi connectivity index (χ0v) is 41.3. The monoisotopic (exact) mass is 991 g/mol. The molecule has 3 atom stereocenters. The number of carbonyl (C=O) groups excluding carboxylic acids is 1. The maximum Gasteiger partial charge on any atom is 0.297 e. The number of nitrogens with one attached hydrogen (secondary N) is 3. The number of hydrogen-bond donors (Lipinski definition) is 4. The van der Waals surface area contributed by atoms with Crippen molar-refractivity contribution in [3.63, 3.8) is 0 Å². The Morgan fingerprint density at radius 3 is 2.49 bits per heavy atom. The van der Waals surface area contributed by atoms with Gasteiger partial charge >= 0.3 is 0 Å². The SMILES string of the molecule is CCOc1nc2[nH]cc(F)c2cc1Oc1cc(N2CCC3(CC2)CN([C@@H]2CCC[C@@H]2c2ccccc2C2(C)CC2)C3)ccc1C(=O)NS(=O)(=O)c1cc2c(c([N+](=O)[O-])c1)N[C@@H]([C@H]1CC[C@](C)(O)CC1)CO2. The van der Waals surface area contributed by atoms with E-state index in [4.69, 9.17) is 14.2 Å². The molecule has 5 fully saturated rings. The molecule has 0 radical (unpaired) electrons. The average Bonchev–Trinajstić information content (AvgIpc) is 3.73. The third-order valence-electron chi connectivity index (χ3n) is 16.7. The third-order valence-corrected chi connectivity index (χ3v) is 18.0. The summed E-state index contributed by atoms with van der Waals surface area (Å²) in [4.78, 5) is 37.7. The van der Waals surface area contributed by atoms with Crippen LogP contribution in [0, 0.1) is 27.3 Å². The number of amides is 1. The fraction of sp³-hybridized carbons (Fsp3) is 0.509. The van der Waals surface area contributed by atoms with E-state index in [0.29, 0.717) is 43.1 Å². The summed E-state index contributed by atoms with van der Waals surface area (Å²) in [5.41, 5.74) is 3.20. The average molecular weight is 992 g/mol. The number of piperidine rings is 1. The molecule has 11 rings (SSSR count). The summed E-state index contributed by atoms with van der Waals surface area (Å²) in [6, 6.07) is 17.8. The third kappa shape index (κ3) is 9.04. The fourth-order valence-corrected chi connectivity index (χ4v) is 13.3. The van der Waals surface area contributed by atoms with E-state index in [9.17, 15) is 32.8 Å². The molecule has 5 heterocycles. The van der Waals surface area contributed by atoms with Crippen LogP contribution in [0.5, 0.6) is 23.1 Å². The highest BCUT2D eigenvalue weighted by Crippen LogP contribution is 2.54. The molecule has 2 saturated heterocycles. The Morgan fingerprint density at radius 2 is 1.76 bits per heavy atom. The number of halogens is 1. The Bertz CT molecular complexity index is 3010. The van der Waals surface area contributed by atoms with Gasteiger partial charge in [-0.05, 0) is 124 Å². The van der Waals surface area contributed by atoms with E-state index in [1.165, 1.54) is 56.5 Å². The summed E-state index contributed by atoms with van der Waals surface area (Å²) in [6.07, 6.45) is 11.9. The van der Waals surface area contributed by atoms with Crippen molar-refractivity contribution in [3.8, 4) is 23.1 Å². The molecule has 2 aromatic heterocycles. The quantitative estimate of drug-likeness (QED) is 0.0643. The maximum absolute atomic E-state index is 15.0. The highest BCUT2D eigenvalue weighted by atomic mass is 32.2. The number of nitro groups is 1. The van der Waals surface area contributed by atoms with Gasteiger partial charge in [0.1, 0.15) is 23.8 Å².